The summed E-state index contributed by atoms with van der Waals surface area (Å²) >= 11 is 4.70. The fourth-order valence-corrected chi connectivity index (χ4v) is 1.64. The Labute approximate surface area is 112 Å². The van der Waals surface area contributed by atoms with Crippen LogP contribution in [-0.2, 0) is 10.9 Å². The van der Waals surface area contributed by atoms with E-state index in [2.05, 4.69) is 9.72 Å². The van der Waals surface area contributed by atoms with E-state index in [1.54, 1.807) is 0 Å². The number of thiocarbonyl (C=S) groups is 1. The standard InChI is InChI=1S/C11H11F3N2O2S/c1-3-18-10(17)7-4-6(9(15)19)5(2)16-8(7)11(12,13)14/h4H,3H2,1-2H3,(H2,15,19). The van der Waals surface area contributed by atoms with Gasteiger partial charge in [-0.2, -0.15) is 13.2 Å². The summed E-state index contributed by atoms with van der Waals surface area (Å²) in [6.07, 6.45) is -4.76. The first-order valence-corrected chi connectivity index (χ1v) is 5.65. The van der Waals surface area contributed by atoms with E-state index in [4.69, 9.17) is 18.0 Å². The molecule has 2 N–H and O–H groups in total. The van der Waals surface area contributed by atoms with Crippen LogP contribution in [0.1, 0.15) is 34.2 Å². The van der Waals surface area contributed by atoms with Gasteiger partial charge in [0.05, 0.1) is 12.2 Å². The zero-order valence-corrected chi connectivity index (χ0v) is 11.0. The molecule has 8 heteroatoms. The Morgan fingerprint density at radius 1 is 1.47 bits per heavy atom. The van der Waals surface area contributed by atoms with E-state index in [1.165, 1.54) is 13.8 Å². The van der Waals surface area contributed by atoms with Crippen molar-refractivity contribution in [2.45, 2.75) is 20.0 Å². The second kappa shape index (κ2) is 5.52. The van der Waals surface area contributed by atoms with E-state index in [-0.39, 0.29) is 22.9 Å². The average molecular weight is 292 g/mol. The summed E-state index contributed by atoms with van der Waals surface area (Å²) in [4.78, 5) is 14.8. The molecule has 0 aromatic carbocycles. The summed E-state index contributed by atoms with van der Waals surface area (Å²) in [5.41, 5.74) is 3.50. The lowest BCUT2D eigenvalue weighted by molar-refractivity contribution is -0.141. The monoisotopic (exact) mass is 292 g/mol. The van der Waals surface area contributed by atoms with E-state index >= 15 is 0 Å². The zero-order valence-electron chi connectivity index (χ0n) is 10.2. The van der Waals surface area contributed by atoms with Crippen LogP contribution in [0.2, 0.25) is 0 Å². The number of carbonyl (C=O) groups is 1. The van der Waals surface area contributed by atoms with Gasteiger partial charge in [0.2, 0.25) is 0 Å². The number of hydrogen-bond acceptors (Lipinski definition) is 4. The molecule has 0 fully saturated rings. The summed E-state index contributed by atoms with van der Waals surface area (Å²) in [5, 5.41) is 0. The predicted molar refractivity (Wildman–Crippen MR) is 65.8 cm³/mol. The summed E-state index contributed by atoms with van der Waals surface area (Å²) in [6, 6.07) is 0.964. The van der Waals surface area contributed by atoms with E-state index in [0.29, 0.717) is 0 Å². The fraction of sp³-hybridized carbons (Fsp3) is 0.364. The van der Waals surface area contributed by atoms with Crippen LogP contribution >= 0.6 is 12.2 Å². The van der Waals surface area contributed by atoms with Gasteiger partial charge < -0.3 is 10.5 Å². The zero-order chi connectivity index (χ0) is 14.8. The second-order valence-electron chi connectivity index (χ2n) is 3.60. The van der Waals surface area contributed by atoms with Gasteiger partial charge in [-0.3, -0.25) is 0 Å². The molecule has 1 rings (SSSR count). The molecule has 0 saturated heterocycles. The molecule has 0 aliphatic heterocycles. The molecule has 1 heterocycles. The molecule has 1 aromatic rings. The van der Waals surface area contributed by atoms with Crippen LogP contribution < -0.4 is 5.73 Å². The van der Waals surface area contributed by atoms with Gasteiger partial charge in [-0.15, -0.1) is 0 Å². The first kappa shape index (κ1) is 15.4. The van der Waals surface area contributed by atoms with Gasteiger partial charge in [0.1, 0.15) is 4.99 Å². The molecular formula is C11H11F3N2O2S. The molecule has 0 amide bonds. The lowest BCUT2D eigenvalue weighted by Gasteiger charge is -2.14. The Hall–Kier alpha value is -1.70. The van der Waals surface area contributed by atoms with Crippen LogP contribution in [0.15, 0.2) is 6.07 Å². The van der Waals surface area contributed by atoms with Crippen LogP contribution in [0, 0.1) is 6.92 Å². The van der Waals surface area contributed by atoms with Crippen molar-refractivity contribution in [1.29, 1.82) is 0 Å². The number of nitrogens with zero attached hydrogens (tertiary/aromatic N) is 1. The first-order valence-electron chi connectivity index (χ1n) is 5.24. The number of hydrogen-bond donors (Lipinski definition) is 1. The molecular weight excluding hydrogens is 281 g/mol. The van der Waals surface area contributed by atoms with E-state index < -0.39 is 23.4 Å². The Bertz CT molecular complexity index is 529. The highest BCUT2D eigenvalue weighted by Crippen LogP contribution is 2.32. The molecule has 0 saturated carbocycles. The molecule has 1 aromatic heterocycles. The molecule has 0 aliphatic carbocycles. The van der Waals surface area contributed by atoms with Gasteiger partial charge in [-0.25, -0.2) is 9.78 Å². The van der Waals surface area contributed by atoms with Gasteiger partial charge in [0.15, 0.2) is 5.69 Å². The summed E-state index contributed by atoms with van der Waals surface area (Å²) < 4.78 is 43.1. The highest BCUT2D eigenvalue weighted by molar-refractivity contribution is 7.80. The predicted octanol–water partition coefficient (Wildman–Crippen LogP) is 2.22. The number of aryl methyl sites for hydroxylation is 1. The number of rotatable bonds is 3. The van der Waals surface area contributed by atoms with Crippen molar-refractivity contribution < 1.29 is 22.7 Å². The van der Waals surface area contributed by atoms with Crippen molar-refractivity contribution in [3.8, 4) is 0 Å². The van der Waals surface area contributed by atoms with E-state index in [0.717, 1.165) is 6.07 Å². The van der Waals surface area contributed by atoms with E-state index in [9.17, 15) is 18.0 Å². The Morgan fingerprint density at radius 2 is 2.05 bits per heavy atom. The number of halogens is 3. The van der Waals surface area contributed by atoms with Gasteiger partial charge >= 0.3 is 12.1 Å². The van der Waals surface area contributed by atoms with Gasteiger partial charge in [0.25, 0.3) is 0 Å². The van der Waals surface area contributed by atoms with Crippen molar-refractivity contribution in [3.63, 3.8) is 0 Å². The lowest BCUT2D eigenvalue weighted by Crippen LogP contribution is -2.21. The van der Waals surface area contributed by atoms with E-state index in [1.807, 2.05) is 0 Å². The third kappa shape index (κ3) is 3.40. The molecule has 0 unspecified atom stereocenters. The van der Waals surface area contributed by atoms with Gasteiger partial charge in [-0.05, 0) is 19.9 Å². The number of alkyl halides is 3. The fourth-order valence-electron chi connectivity index (χ4n) is 1.44. The number of esters is 1. The molecule has 0 atom stereocenters. The number of nitrogens with two attached hydrogens (primary N) is 1. The molecule has 0 spiro atoms. The Morgan fingerprint density at radius 3 is 2.47 bits per heavy atom. The maximum absolute atomic E-state index is 12.8. The van der Waals surface area contributed by atoms with Gasteiger partial charge in [-0.1, -0.05) is 12.2 Å². The highest BCUT2D eigenvalue weighted by Gasteiger charge is 2.38. The van der Waals surface area contributed by atoms with Crippen molar-refractivity contribution in [2.24, 2.45) is 5.73 Å². The Balaban J connectivity index is 3.50. The Kier molecular flexibility index (Phi) is 4.46. The van der Waals surface area contributed by atoms with Gasteiger partial charge in [0, 0.05) is 11.3 Å². The van der Waals surface area contributed by atoms with Crippen LogP contribution in [-0.4, -0.2) is 22.5 Å². The highest BCUT2D eigenvalue weighted by atomic mass is 32.1. The third-order valence-corrected chi connectivity index (χ3v) is 2.46. The smallest absolute Gasteiger partial charge is 0.434 e. The quantitative estimate of drug-likeness (QED) is 0.683. The summed E-state index contributed by atoms with van der Waals surface area (Å²) in [7, 11) is 0. The van der Waals surface area contributed by atoms with Crippen molar-refractivity contribution >= 4 is 23.2 Å². The molecule has 0 bridgehead atoms. The lowest BCUT2D eigenvalue weighted by atomic mass is 10.1. The SMILES string of the molecule is CCOC(=O)c1cc(C(N)=S)c(C)nc1C(F)(F)F. The molecule has 0 aliphatic rings. The normalized spacial score (nSPS) is 11.2. The minimum absolute atomic E-state index is 0.00729. The van der Waals surface area contributed by atoms with Crippen LogP contribution in [0.5, 0.6) is 0 Å². The maximum Gasteiger partial charge on any atom is 0.434 e. The second-order valence-corrected chi connectivity index (χ2v) is 4.04. The number of aromatic nitrogens is 1. The minimum Gasteiger partial charge on any atom is -0.462 e. The third-order valence-electron chi connectivity index (χ3n) is 2.24. The first-order chi connectivity index (χ1) is 8.68. The largest absolute Gasteiger partial charge is 0.462 e. The maximum atomic E-state index is 12.8. The topological polar surface area (TPSA) is 65.2 Å². The van der Waals surface area contributed by atoms with Crippen LogP contribution in [0.3, 0.4) is 0 Å². The van der Waals surface area contributed by atoms with Crippen molar-refractivity contribution in [2.75, 3.05) is 6.61 Å². The van der Waals surface area contributed by atoms with Crippen molar-refractivity contribution in [1.82, 2.24) is 4.98 Å². The van der Waals surface area contributed by atoms with Crippen LogP contribution in [0.25, 0.3) is 0 Å². The van der Waals surface area contributed by atoms with Crippen LogP contribution in [0.4, 0.5) is 13.2 Å². The number of pyridine rings is 1. The number of carbonyl (C=O) groups excluding carboxylic acids is 1. The summed E-state index contributed by atoms with van der Waals surface area (Å²) in [6.45, 7) is 2.77. The molecule has 19 heavy (non-hydrogen) atoms. The number of ether oxygens (including phenoxy) is 1. The molecule has 0 radical (unpaired) electrons. The molecule has 4 nitrogen and oxygen atoms in total. The summed E-state index contributed by atoms with van der Waals surface area (Å²) in [5.74, 6) is -1.11. The van der Waals surface area contributed by atoms with Crippen molar-refractivity contribution in [3.05, 3.63) is 28.6 Å². The average Bonchev–Trinajstić information content (AvgIpc) is 2.27. The minimum atomic E-state index is -4.76. The molecule has 104 valence electrons.